The first-order valence-corrected chi connectivity index (χ1v) is 15.8. The minimum Gasteiger partial charge on any atom is -0.323 e. The number of hydrogen-bond donors (Lipinski definition) is 2. The molecular weight excluding hydrogens is 659 g/mol. The van der Waals surface area contributed by atoms with Crippen LogP contribution in [0.2, 0.25) is 0 Å². The molecule has 6 rings (SSSR count). The van der Waals surface area contributed by atoms with E-state index in [9.17, 15) is 27.6 Å². The van der Waals surface area contributed by atoms with E-state index in [2.05, 4.69) is 26.6 Å². The van der Waals surface area contributed by atoms with Crippen LogP contribution in [0.4, 0.5) is 29.3 Å². The smallest absolute Gasteiger partial charge is 0.323 e. The maximum Gasteiger partial charge on any atom is 0.418 e. The third-order valence-corrected chi connectivity index (χ3v) is 9.35. The predicted molar refractivity (Wildman–Crippen MR) is 173 cm³/mol. The van der Waals surface area contributed by atoms with E-state index in [4.69, 9.17) is 0 Å². The van der Waals surface area contributed by atoms with Gasteiger partial charge in [-0.1, -0.05) is 103 Å². The molecule has 0 bridgehead atoms. The number of fused-ring (bicyclic) bond motifs is 2. The second-order valence-electron chi connectivity index (χ2n) is 12.1. The average molecular weight is 691 g/mol. The summed E-state index contributed by atoms with van der Waals surface area (Å²) in [7, 11) is 0. The number of Topliss-reactive ketones (excluding diaryl/α,β-unsaturated/α-hetero) is 1. The van der Waals surface area contributed by atoms with E-state index < -0.39 is 52.8 Å². The lowest BCUT2D eigenvalue weighted by molar-refractivity contribution is -0.137. The fraction of sp³-hybridized carbons (Fsp3) is 0.250. The van der Waals surface area contributed by atoms with Crippen molar-refractivity contribution in [3.05, 3.63) is 130 Å². The van der Waals surface area contributed by atoms with Gasteiger partial charge in [0, 0.05) is 33.2 Å². The highest BCUT2D eigenvalue weighted by Crippen LogP contribution is 2.60. The fourth-order valence-corrected chi connectivity index (χ4v) is 7.53. The molecule has 236 valence electrons. The Morgan fingerprint density at radius 3 is 2.22 bits per heavy atom. The van der Waals surface area contributed by atoms with Gasteiger partial charge >= 0.3 is 12.2 Å². The number of urea groups is 1. The Bertz CT molecular complexity index is 1800. The van der Waals surface area contributed by atoms with Crippen LogP contribution in [0.25, 0.3) is 0 Å². The third-order valence-electron chi connectivity index (χ3n) is 8.85. The number of likely N-dealkylation sites (tertiary alicyclic amines) is 1. The molecule has 0 aliphatic carbocycles. The van der Waals surface area contributed by atoms with Crippen LogP contribution in [-0.4, -0.2) is 28.7 Å². The Balaban J connectivity index is 1.65. The molecule has 0 saturated carbocycles. The normalized spacial score (nSPS) is 22.2. The molecule has 46 heavy (non-hydrogen) atoms. The molecule has 4 atom stereocenters. The number of alkyl halides is 3. The lowest BCUT2D eigenvalue weighted by atomic mass is 9.69. The van der Waals surface area contributed by atoms with E-state index in [1.54, 1.807) is 48.5 Å². The molecule has 10 heteroatoms. The maximum absolute atomic E-state index is 14.9. The van der Waals surface area contributed by atoms with Gasteiger partial charge in [0.15, 0.2) is 11.3 Å². The Hall–Kier alpha value is -4.44. The first-order valence-electron chi connectivity index (χ1n) is 15.0. The third kappa shape index (κ3) is 5.28. The Morgan fingerprint density at radius 1 is 0.935 bits per heavy atom. The molecule has 2 heterocycles. The SMILES string of the molecule is CC(C)CC1C(c2ccccc2)C(C(=O)c2ccccc2)C2(C(=O)Nc3ccc(Br)cc32)N1C(=O)Nc1ccccc1C(F)(F)F. The monoisotopic (exact) mass is 689 g/mol. The van der Waals surface area contributed by atoms with Crippen molar-refractivity contribution in [3.63, 3.8) is 0 Å². The first kappa shape index (κ1) is 31.5. The first-order chi connectivity index (χ1) is 21.9. The van der Waals surface area contributed by atoms with Crippen molar-refractivity contribution in [1.29, 1.82) is 0 Å². The molecule has 1 fully saturated rings. The summed E-state index contributed by atoms with van der Waals surface area (Å²) in [5.74, 6) is -2.77. The van der Waals surface area contributed by atoms with Crippen LogP contribution in [0.3, 0.4) is 0 Å². The Kier molecular flexibility index (Phi) is 8.27. The van der Waals surface area contributed by atoms with Crippen molar-refractivity contribution in [2.24, 2.45) is 11.8 Å². The number of hydrogen-bond acceptors (Lipinski definition) is 3. The molecular formula is C36H31BrF3N3O3. The number of ketones is 1. The van der Waals surface area contributed by atoms with Crippen LogP contribution in [0.1, 0.15) is 53.2 Å². The molecule has 1 spiro atoms. The molecule has 0 radical (unpaired) electrons. The predicted octanol–water partition coefficient (Wildman–Crippen LogP) is 8.86. The number of amides is 3. The number of halogens is 4. The molecule has 4 aromatic rings. The van der Waals surface area contributed by atoms with Crippen LogP contribution in [0.15, 0.2) is 108 Å². The van der Waals surface area contributed by atoms with Crippen LogP contribution in [-0.2, 0) is 16.5 Å². The van der Waals surface area contributed by atoms with Gasteiger partial charge in [-0.25, -0.2) is 4.79 Å². The van der Waals surface area contributed by atoms with Crippen molar-refractivity contribution in [2.45, 2.75) is 43.9 Å². The van der Waals surface area contributed by atoms with E-state index in [0.717, 1.165) is 11.6 Å². The van der Waals surface area contributed by atoms with Crippen LogP contribution < -0.4 is 10.6 Å². The molecule has 2 aliphatic heterocycles. The fourth-order valence-electron chi connectivity index (χ4n) is 7.17. The van der Waals surface area contributed by atoms with Gasteiger partial charge in [0.2, 0.25) is 0 Å². The lowest BCUT2D eigenvalue weighted by Crippen LogP contribution is -2.57. The van der Waals surface area contributed by atoms with Crippen molar-refractivity contribution >= 4 is 45.0 Å². The summed E-state index contributed by atoms with van der Waals surface area (Å²) in [6.45, 7) is 3.94. The van der Waals surface area contributed by atoms with Crippen LogP contribution in [0.5, 0.6) is 0 Å². The molecule has 2 aliphatic rings. The van der Waals surface area contributed by atoms with Crippen molar-refractivity contribution < 1.29 is 27.6 Å². The van der Waals surface area contributed by atoms with Crippen molar-refractivity contribution in [2.75, 3.05) is 10.6 Å². The summed E-state index contributed by atoms with van der Waals surface area (Å²) >= 11 is 3.51. The quantitative estimate of drug-likeness (QED) is 0.199. The van der Waals surface area contributed by atoms with Gasteiger partial charge in [-0.3, -0.25) is 9.59 Å². The highest BCUT2D eigenvalue weighted by molar-refractivity contribution is 9.10. The van der Waals surface area contributed by atoms with E-state index in [-0.39, 0.29) is 11.7 Å². The van der Waals surface area contributed by atoms with Gasteiger partial charge in [0.25, 0.3) is 5.91 Å². The molecule has 0 aromatic heterocycles. The summed E-state index contributed by atoms with van der Waals surface area (Å²) in [4.78, 5) is 45.6. The number of rotatable bonds is 6. The zero-order chi connectivity index (χ0) is 32.8. The van der Waals surface area contributed by atoms with Crippen LogP contribution in [0, 0.1) is 11.8 Å². The summed E-state index contributed by atoms with van der Waals surface area (Å²) in [6, 6.07) is 26.0. The molecule has 4 unspecified atom stereocenters. The second kappa shape index (κ2) is 12.1. The van der Waals surface area contributed by atoms with Gasteiger partial charge in [0.1, 0.15) is 0 Å². The maximum atomic E-state index is 14.9. The van der Waals surface area contributed by atoms with Crippen molar-refractivity contribution in [1.82, 2.24) is 4.90 Å². The summed E-state index contributed by atoms with van der Waals surface area (Å²) < 4.78 is 42.9. The van der Waals surface area contributed by atoms with Gasteiger partial charge < -0.3 is 15.5 Å². The van der Waals surface area contributed by atoms with Gasteiger partial charge in [-0.15, -0.1) is 0 Å². The number of carbonyl (C=O) groups is 3. The number of nitrogens with one attached hydrogen (secondary N) is 2. The Morgan fingerprint density at radius 2 is 1.57 bits per heavy atom. The zero-order valence-corrected chi connectivity index (χ0v) is 26.6. The summed E-state index contributed by atoms with van der Waals surface area (Å²) in [5.41, 5.74) is -1.45. The number of benzene rings is 4. The van der Waals surface area contributed by atoms with Gasteiger partial charge in [-0.05, 0) is 48.2 Å². The Labute approximate surface area is 273 Å². The largest absolute Gasteiger partial charge is 0.418 e. The van der Waals surface area contributed by atoms with Gasteiger partial charge in [0.05, 0.1) is 17.2 Å². The van der Waals surface area contributed by atoms with Gasteiger partial charge in [-0.2, -0.15) is 13.2 Å². The van der Waals surface area contributed by atoms with E-state index in [0.29, 0.717) is 27.7 Å². The van der Waals surface area contributed by atoms with E-state index >= 15 is 0 Å². The molecule has 3 amide bonds. The number of anilines is 2. The highest BCUT2D eigenvalue weighted by atomic mass is 79.9. The van der Waals surface area contributed by atoms with Crippen LogP contribution >= 0.6 is 15.9 Å². The summed E-state index contributed by atoms with van der Waals surface area (Å²) in [6.07, 6.45) is -4.38. The second-order valence-corrected chi connectivity index (χ2v) is 13.0. The minimum atomic E-state index is -4.75. The van der Waals surface area contributed by atoms with E-state index in [1.807, 2.05) is 44.2 Å². The molecule has 4 aromatic carbocycles. The highest BCUT2D eigenvalue weighted by Gasteiger charge is 2.70. The standard InChI is InChI=1S/C36H31BrF3N3O3/c1-21(2)19-29-30(22-11-5-3-6-12-22)31(32(44)23-13-7-4-8-14-23)35(26-20-24(37)17-18-28(26)41-33(35)45)43(29)34(46)42-27-16-10-9-15-25(27)36(38,39)40/h3-18,20-21,29-31H,19H2,1-2H3,(H,41,45)(H,42,46). The molecule has 1 saturated heterocycles. The minimum absolute atomic E-state index is 0.0111. The number of nitrogens with zero attached hydrogens (tertiary/aromatic N) is 1. The van der Waals surface area contributed by atoms with Crippen molar-refractivity contribution in [3.8, 4) is 0 Å². The lowest BCUT2D eigenvalue weighted by Gasteiger charge is -2.39. The average Bonchev–Trinajstić information content (AvgIpc) is 3.48. The number of carbonyl (C=O) groups excluding carboxylic acids is 3. The topological polar surface area (TPSA) is 78.5 Å². The van der Waals surface area contributed by atoms with E-state index in [1.165, 1.54) is 23.1 Å². The number of para-hydroxylation sites is 1. The summed E-state index contributed by atoms with van der Waals surface area (Å²) in [5, 5.41) is 5.42. The molecule has 2 N–H and O–H groups in total. The molecule has 6 nitrogen and oxygen atoms in total. The zero-order valence-electron chi connectivity index (χ0n) is 25.0.